The maximum atomic E-state index is 13.5. The number of thioether (sulfide) groups is 1. The van der Waals surface area contributed by atoms with Crippen molar-refractivity contribution in [1.82, 2.24) is 4.98 Å². The van der Waals surface area contributed by atoms with Gasteiger partial charge in [0, 0.05) is 10.6 Å². The summed E-state index contributed by atoms with van der Waals surface area (Å²) in [6.07, 6.45) is 1.75. The molecule has 1 aromatic heterocycles. The maximum Gasteiger partial charge on any atom is 0.282 e. The van der Waals surface area contributed by atoms with Crippen molar-refractivity contribution in [2.24, 2.45) is 5.10 Å². The third-order valence-corrected chi connectivity index (χ3v) is 7.36. The molecule has 0 saturated carbocycles. The maximum absolute atomic E-state index is 13.5. The number of rotatable bonds is 6. The number of methoxy groups -OCH3 is 1. The minimum absolute atomic E-state index is 0.0119. The first-order valence-corrected chi connectivity index (χ1v) is 12.4. The van der Waals surface area contributed by atoms with Crippen molar-refractivity contribution in [2.45, 2.75) is 11.8 Å². The van der Waals surface area contributed by atoms with Crippen LogP contribution in [0.15, 0.2) is 82.3 Å². The molecule has 6 nitrogen and oxygen atoms in total. The second-order valence-electron chi connectivity index (χ2n) is 7.72. The highest BCUT2D eigenvalue weighted by Crippen LogP contribution is 2.34. The highest BCUT2D eigenvalue weighted by atomic mass is 32.2. The van der Waals surface area contributed by atoms with Gasteiger partial charge in [0.25, 0.3) is 5.91 Å². The summed E-state index contributed by atoms with van der Waals surface area (Å²) >= 11 is 3.05. The number of aromatic hydroxyl groups is 1. The van der Waals surface area contributed by atoms with Crippen LogP contribution >= 0.6 is 23.1 Å². The Bertz CT molecular complexity index is 1410. The number of aromatic nitrogens is 1. The van der Waals surface area contributed by atoms with Gasteiger partial charge in [0.2, 0.25) is 5.13 Å². The van der Waals surface area contributed by atoms with E-state index in [1.807, 2.05) is 24.3 Å². The molecule has 1 aliphatic rings. The molecule has 170 valence electrons. The Morgan fingerprint density at radius 2 is 1.91 bits per heavy atom. The number of para-hydroxylation sites is 1. The summed E-state index contributed by atoms with van der Waals surface area (Å²) in [5, 5.41) is 16.8. The van der Waals surface area contributed by atoms with Gasteiger partial charge in [-0.25, -0.2) is 4.98 Å². The number of hydrazone groups is 1. The topological polar surface area (TPSA) is 75.0 Å². The lowest BCUT2D eigenvalue weighted by Gasteiger charge is -2.07. The van der Waals surface area contributed by atoms with E-state index in [0.29, 0.717) is 33.5 Å². The van der Waals surface area contributed by atoms with Crippen LogP contribution < -0.4 is 9.75 Å². The van der Waals surface area contributed by atoms with Crippen LogP contribution in [0, 0.1) is 6.92 Å². The molecule has 0 aliphatic carbocycles. The molecular weight excluding hydrogens is 466 g/mol. The fraction of sp³-hybridized carbons (Fsp3) is 0.115. The van der Waals surface area contributed by atoms with Gasteiger partial charge in [-0.15, -0.1) is 11.8 Å². The number of carbonyl (C=O) groups excluding carboxylic acids is 1. The van der Waals surface area contributed by atoms with E-state index in [1.54, 1.807) is 36.0 Å². The Hall–Kier alpha value is -3.62. The molecule has 0 fully saturated rings. The zero-order chi connectivity index (χ0) is 23.7. The van der Waals surface area contributed by atoms with Gasteiger partial charge in [-0.2, -0.15) is 10.1 Å². The highest BCUT2D eigenvalue weighted by molar-refractivity contribution is 8.00. The number of hydrogen-bond donors (Lipinski definition) is 1. The first kappa shape index (κ1) is 22.2. The molecule has 1 N–H and O–H groups in total. The molecule has 0 atom stereocenters. The number of thiazole rings is 1. The van der Waals surface area contributed by atoms with Crippen LogP contribution in [0.1, 0.15) is 11.1 Å². The van der Waals surface area contributed by atoms with Crippen LogP contribution in [0.2, 0.25) is 0 Å². The minimum atomic E-state index is -0.242. The lowest BCUT2D eigenvalue weighted by molar-refractivity contribution is -0.114. The molecule has 5 rings (SSSR count). The summed E-state index contributed by atoms with van der Waals surface area (Å²) in [5.74, 6) is 0.663. The van der Waals surface area contributed by atoms with E-state index >= 15 is 0 Å². The van der Waals surface area contributed by atoms with Gasteiger partial charge < -0.3 is 9.84 Å². The minimum Gasteiger partial charge on any atom is -0.504 e. The molecule has 4 aromatic rings. The quantitative estimate of drug-likeness (QED) is 0.271. The van der Waals surface area contributed by atoms with E-state index < -0.39 is 0 Å². The number of phenolic OH excluding ortho intramolecular Hbond substituents is 1. The number of aryl methyl sites for hydroxylation is 1. The van der Waals surface area contributed by atoms with E-state index in [0.717, 1.165) is 15.1 Å². The van der Waals surface area contributed by atoms with E-state index in [-0.39, 0.29) is 11.7 Å². The summed E-state index contributed by atoms with van der Waals surface area (Å²) < 4.78 is 6.13. The molecule has 0 unspecified atom stereocenters. The van der Waals surface area contributed by atoms with E-state index in [4.69, 9.17) is 4.74 Å². The van der Waals surface area contributed by atoms with Crippen LogP contribution in [0.3, 0.4) is 0 Å². The van der Waals surface area contributed by atoms with E-state index in [1.165, 1.54) is 29.0 Å². The average molecular weight is 488 g/mol. The molecule has 2 heterocycles. The Labute approximate surface area is 205 Å². The summed E-state index contributed by atoms with van der Waals surface area (Å²) in [7, 11) is 1.50. The lowest BCUT2D eigenvalue weighted by atomic mass is 10.1. The second-order valence-corrected chi connectivity index (χ2v) is 9.78. The number of anilines is 1. The highest BCUT2D eigenvalue weighted by Gasteiger charge is 2.33. The number of nitrogens with zero attached hydrogens (tertiary/aromatic N) is 3. The smallest absolute Gasteiger partial charge is 0.282 e. The number of fused-ring (bicyclic) bond motifs is 1. The van der Waals surface area contributed by atoms with Crippen molar-refractivity contribution in [3.63, 3.8) is 0 Å². The molecule has 0 bridgehead atoms. The van der Waals surface area contributed by atoms with Crippen molar-refractivity contribution in [1.29, 1.82) is 0 Å². The van der Waals surface area contributed by atoms with Crippen LogP contribution in [-0.2, 0) is 4.79 Å². The van der Waals surface area contributed by atoms with Crippen molar-refractivity contribution in [2.75, 3.05) is 17.9 Å². The lowest BCUT2D eigenvalue weighted by Crippen LogP contribution is -2.21. The predicted octanol–water partition coefficient (Wildman–Crippen LogP) is 5.90. The van der Waals surface area contributed by atoms with Crippen LogP contribution in [0.5, 0.6) is 11.5 Å². The fourth-order valence-electron chi connectivity index (χ4n) is 3.54. The molecule has 3 aromatic carbocycles. The molecule has 0 radical (unpaired) electrons. The monoisotopic (exact) mass is 487 g/mol. The Morgan fingerprint density at radius 3 is 2.65 bits per heavy atom. The second kappa shape index (κ2) is 9.32. The molecule has 0 spiro atoms. The van der Waals surface area contributed by atoms with Crippen molar-refractivity contribution in [3.05, 3.63) is 83.4 Å². The van der Waals surface area contributed by atoms with Crippen molar-refractivity contribution in [3.8, 4) is 11.5 Å². The SMILES string of the molecule is COc1ccc(C=C2C(=O)N(c3nc4ccccc4s3)N=C2CSc2ccc(C)cc2)cc1O. The summed E-state index contributed by atoms with van der Waals surface area (Å²) in [6.45, 7) is 2.05. The summed E-state index contributed by atoms with van der Waals surface area (Å²) in [4.78, 5) is 19.2. The number of benzene rings is 3. The Kier molecular flexibility index (Phi) is 6.08. The third-order valence-electron chi connectivity index (χ3n) is 5.33. The van der Waals surface area contributed by atoms with Crippen molar-refractivity contribution < 1.29 is 14.6 Å². The molecule has 8 heteroatoms. The molecule has 1 aliphatic heterocycles. The first-order valence-electron chi connectivity index (χ1n) is 10.6. The number of phenols is 1. The summed E-state index contributed by atoms with van der Waals surface area (Å²) in [6, 6.07) is 21.1. The molecule has 1 amide bonds. The van der Waals surface area contributed by atoms with Gasteiger partial charge in [-0.3, -0.25) is 4.79 Å². The predicted molar refractivity (Wildman–Crippen MR) is 139 cm³/mol. The standard InChI is InChI=1S/C26H21N3O3S2/c1-16-7-10-18(11-8-16)33-15-21-19(13-17-9-12-23(32-2)22(30)14-17)25(31)29(28-21)26-27-20-5-3-4-6-24(20)34-26/h3-14,30H,15H2,1-2H3. The van der Waals surface area contributed by atoms with E-state index in [9.17, 15) is 9.90 Å². The summed E-state index contributed by atoms with van der Waals surface area (Å²) in [5.41, 5.74) is 3.84. The zero-order valence-corrected chi connectivity index (χ0v) is 20.2. The van der Waals surface area contributed by atoms with Crippen molar-refractivity contribution >= 4 is 56.1 Å². The van der Waals surface area contributed by atoms with Gasteiger partial charge >= 0.3 is 0 Å². The first-order chi connectivity index (χ1) is 16.5. The van der Waals surface area contributed by atoms with Crippen LogP contribution in [0.25, 0.3) is 16.3 Å². The van der Waals surface area contributed by atoms with Gasteiger partial charge in [-0.1, -0.05) is 47.2 Å². The average Bonchev–Trinajstić information content (AvgIpc) is 3.40. The zero-order valence-electron chi connectivity index (χ0n) is 18.6. The van der Waals surface area contributed by atoms with E-state index in [2.05, 4.69) is 41.3 Å². The van der Waals surface area contributed by atoms with Gasteiger partial charge in [-0.05, 0) is 55.0 Å². The normalized spacial score (nSPS) is 14.8. The van der Waals surface area contributed by atoms with Crippen LogP contribution in [-0.4, -0.2) is 34.6 Å². The number of hydrogen-bond acceptors (Lipinski definition) is 7. The van der Waals surface area contributed by atoms with Gasteiger partial charge in [0.15, 0.2) is 11.5 Å². The number of ether oxygens (including phenoxy) is 1. The van der Waals surface area contributed by atoms with Gasteiger partial charge in [0.1, 0.15) is 0 Å². The fourth-order valence-corrected chi connectivity index (χ4v) is 5.30. The Morgan fingerprint density at radius 1 is 1.12 bits per heavy atom. The Balaban J connectivity index is 1.50. The van der Waals surface area contributed by atoms with Crippen LogP contribution in [0.4, 0.5) is 5.13 Å². The largest absolute Gasteiger partial charge is 0.504 e. The molecular formula is C26H21N3O3S2. The number of carbonyl (C=O) groups is 1. The molecule has 0 saturated heterocycles. The number of amides is 1. The molecule has 34 heavy (non-hydrogen) atoms. The van der Waals surface area contributed by atoms with Gasteiger partial charge in [0.05, 0.1) is 28.6 Å². The third kappa shape index (κ3) is 4.42.